The molecule has 0 aliphatic heterocycles. The third-order valence-corrected chi connectivity index (χ3v) is 4.24. The average molecular weight is 335 g/mol. The number of benzene rings is 1. The summed E-state index contributed by atoms with van der Waals surface area (Å²) < 4.78 is 24.9. The van der Waals surface area contributed by atoms with Gasteiger partial charge < -0.3 is 0 Å². The number of anilines is 1. The molecule has 0 aliphatic carbocycles. The summed E-state index contributed by atoms with van der Waals surface area (Å²) in [6.45, 7) is 4.01. The van der Waals surface area contributed by atoms with Crippen LogP contribution in [0.1, 0.15) is 26.7 Å². The number of fused-ring (bicyclic) bond motifs is 1. The van der Waals surface area contributed by atoms with Crippen LogP contribution in [0, 0.1) is 5.92 Å². The van der Waals surface area contributed by atoms with Crippen molar-refractivity contribution in [1.29, 1.82) is 0 Å². The Bertz CT molecular complexity index is 803. The highest BCUT2D eigenvalue weighted by molar-refractivity contribution is 7.92. The number of sulfonamides is 1. The first-order chi connectivity index (χ1) is 10.8. The topological polar surface area (TPSA) is 79.4 Å². The molecule has 1 aromatic carbocycles. The zero-order valence-corrected chi connectivity index (χ0v) is 14.3. The summed E-state index contributed by atoms with van der Waals surface area (Å²) in [4.78, 5) is 16.3. The first-order valence-electron chi connectivity index (χ1n) is 7.43. The van der Waals surface area contributed by atoms with E-state index in [0.717, 1.165) is 16.1 Å². The van der Waals surface area contributed by atoms with Crippen molar-refractivity contribution in [3.63, 3.8) is 0 Å². The molecule has 2 aromatic rings. The lowest BCUT2D eigenvalue weighted by molar-refractivity contribution is -0.121. The Balaban J connectivity index is 2.28. The van der Waals surface area contributed by atoms with Gasteiger partial charge in [-0.15, -0.1) is 0 Å². The number of hydrogen-bond donors (Lipinski definition) is 1. The van der Waals surface area contributed by atoms with Gasteiger partial charge in [0.2, 0.25) is 5.91 Å². The second kappa shape index (κ2) is 6.95. The van der Waals surface area contributed by atoms with Gasteiger partial charge in [0.15, 0.2) is 5.82 Å². The van der Waals surface area contributed by atoms with Crippen molar-refractivity contribution >= 4 is 32.7 Å². The average Bonchev–Trinajstić information content (AvgIpc) is 2.49. The molecule has 1 amide bonds. The Hall–Kier alpha value is -2.15. The molecule has 0 saturated heterocycles. The van der Waals surface area contributed by atoms with Crippen molar-refractivity contribution in [1.82, 2.24) is 10.4 Å². The Morgan fingerprint density at radius 2 is 1.91 bits per heavy atom. The number of para-hydroxylation sites is 1. The molecule has 1 N–H and O–H groups in total. The molecular weight excluding hydrogens is 314 g/mol. The molecule has 0 fully saturated rings. The molecule has 0 saturated carbocycles. The zero-order valence-electron chi connectivity index (χ0n) is 13.5. The second-order valence-corrected chi connectivity index (χ2v) is 7.69. The standard InChI is InChI=1S/C16H21N3O3S/c1-12(2)8-11-16(20)18-19(23(3,21)22)15-10-9-13-6-4-5-7-14(13)17-15/h4-7,9-10,12H,8,11H2,1-3H3,(H,18,20). The van der Waals surface area contributed by atoms with Crippen LogP contribution in [0.15, 0.2) is 36.4 Å². The van der Waals surface area contributed by atoms with Crippen LogP contribution in [0.2, 0.25) is 0 Å². The Kier molecular flexibility index (Phi) is 5.20. The largest absolute Gasteiger partial charge is 0.273 e. The van der Waals surface area contributed by atoms with Crippen LogP contribution < -0.4 is 9.84 Å². The lowest BCUT2D eigenvalue weighted by Crippen LogP contribution is -2.46. The van der Waals surface area contributed by atoms with Crippen LogP contribution in [0.5, 0.6) is 0 Å². The van der Waals surface area contributed by atoms with Crippen LogP contribution in [0.4, 0.5) is 5.82 Å². The zero-order chi connectivity index (χ0) is 17.0. The van der Waals surface area contributed by atoms with E-state index >= 15 is 0 Å². The molecule has 23 heavy (non-hydrogen) atoms. The molecule has 0 radical (unpaired) electrons. The van der Waals surface area contributed by atoms with E-state index in [0.29, 0.717) is 17.9 Å². The van der Waals surface area contributed by atoms with Gasteiger partial charge in [-0.2, -0.15) is 4.41 Å². The second-order valence-electron chi connectivity index (χ2n) is 5.86. The Morgan fingerprint density at radius 3 is 2.57 bits per heavy atom. The number of carbonyl (C=O) groups is 1. The monoisotopic (exact) mass is 335 g/mol. The van der Waals surface area contributed by atoms with Crippen molar-refractivity contribution in [3.8, 4) is 0 Å². The maximum Gasteiger partial charge on any atom is 0.251 e. The van der Waals surface area contributed by atoms with Crippen LogP contribution >= 0.6 is 0 Å². The number of amides is 1. The van der Waals surface area contributed by atoms with E-state index in [1.165, 1.54) is 0 Å². The number of hydrogen-bond acceptors (Lipinski definition) is 4. The number of carbonyl (C=O) groups excluding carboxylic acids is 1. The number of aromatic nitrogens is 1. The van der Waals surface area contributed by atoms with E-state index < -0.39 is 10.0 Å². The third-order valence-electron chi connectivity index (χ3n) is 3.30. The first kappa shape index (κ1) is 17.2. The molecule has 6 nitrogen and oxygen atoms in total. The minimum Gasteiger partial charge on any atom is -0.273 e. The first-order valence-corrected chi connectivity index (χ1v) is 9.28. The molecule has 1 heterocycles. The Morgan fingerprint density at radius 1 is 1.22 bits per heavy atom. The molecule has 1 aromatic heterocycles. The number of hydrazine groups is 1. The number of nitrogens with one attached hydrogen (secondary N) is 1. The molecule has 0 atom stereocenters. The summed E-state index contributed by atoms with van der Waals surface area (Å²) in [6, 6.07) is 10.7. The van der Waals surface area contributed by atoms with Crippen molar-refractivity contribution < 1.29 is 13.2 Å². The number of nitrogens with zero attached hydrogens (tertiary/aromatic N) is 2. The fourth-order valence-corrected chi connectivity index (χ4v) is 2.78. The molecule has 0 unspecified atom stereocenters. The molecule has 0 aliphatic rings. The van der Waals surface area contributed by atoms with Gasteiger partial charge in [0.05, 0.1) is 11.8 Å². The van der Waals surface area contributed by atoms with Gasteiger partial charge in [-0.1, -0.05) is 32.0 Å². The van der Waals surface area contributed by atoms with E-state index in [2.05, 4.69) is 10.4 Å². The van der Waals surface area contributed by atoms with E-state index in [-0.39, 0.29) is 18.1 Å². The van der Waals surface area contributed by atoms with Crippen molar-refractivity contribution in [2.75, 3.05) is 10.7 Å². The van der Waals surface area contributed by atoms with Gasteiger partial charge in [-0.25, -0.2) is 13.4 Å². The maximum absolute atomic E-state index is 12.0. The van der Waals surface area contributed by atoms with E-state index in [4.69, 9.17) is 0 Å². The lowest BCUT2D eigenvalue weighted by Gasteiger charge is -2.22. The van der Waals surface area contributed by atoms with Crippen LogP contribution in [0.25, 0.3) is 10.9 Å². The van der Waals surface area contributed by atoms with Crippen molar-refractivity contribution in [3.05, 3.63) is 36.4 Å². The van der Waals surface area contributed by atoms with Crippen LogP contribution in [-0.2, 0) is 14.8 Å². The fraction of sp³-hybridized carbons (Fsp3) is 0.375. The molecular formula is C16H21N3O3S. The Labute approximate surface area is 136 Å². The highest BCUT2D eigenvalue weighted by Gasteiger charge is 2.21. The minimum atomic E-state index is -3.68. The molecule has 0 spiro atoms. The van der Waals surface area contributed by atoms with E-state index in [9.17, 15) is 13.2 Å². The van der Waals surface area contributed by atoms with Crippen LogP contribution in [0.3, 0.4) is 0 Å². The summed E-state index contributed by atoms with van der Waals surface area (Å²) >= 11 is 0. The number of rotatable bonds is 6. The summed E-state index contributed by atoms with van der Waals surface area (Å²) in [5.41, 5.74) is 3.10. The van der Waals surface area contributed by atoms with Gasteiger partial charge in [0, 0.05) is 11.8 Å². The van der Waals surface area contributed by atoms with Gasteiger partial charge in [0.1, 0.15) is 0 Å². The quantitative estimate of drug-likeness (QED) is 0.823. The summed E-state index contributed by atoms with van der Waals surface area (Å²) in [7, 11) is -3.68. The van der Waals surface area contributed by atoms with Crippen molar-refractivity contribution in [2.45, 2.75) is 26.7 Å². The molecule has 124 valence electrons. The van der Waals surface area contributed by atoms with Gasteiger partial charge in [0.25, 0.3) is 10.0 Å². The fourth-order valence-electron chi connectivity index (χ4n) is 2.07. The third kappa shape index (κ3) is 4.66. The van der Waals surface area contributed by atoms with Crippen LogP contribution in [-0.4, -0.2) is 25.6 Å². The molecule has 7 heteroatoms. The molecule has 2 rings (SSSR count). The van der Waals surface area contributed by atoms with Crippen molar-refractivity contribution in [2.24, 2.45) is 5.92 Å². The van der Waals surface area contributed by atoms with Gasteiger partial charge in [-0.3, -0.25) is 10.2 Å². The van der Waals surface area contributed by atoms with E-state index in [1.807, 2.05) is 32.0 Å². The predicted molar refractivity (Wildman–Crippen MR) is 91.3 cm³/mol. The summed E-state index contributed by atoms with van der Waals surface area (Å²) in [5.74, 6) is 0.189. The number of pyridine rings is 1. The lowest BCUT2D eigenvalue weighted by atomic mass is 10.1. The van der Waals surface area contributed by atoms with E-state index in [1.54, 1.807) is 18.2 Å². The predicted octanol–water partition coefficient (Wildman–Crippen LogP) is 2.47. The molecule has 0 bridgehead atoms. The highest BCUT2D eigenvalue weighted by atomic mass is 32.2. The summed E-state index contributed by atoms with van der Waals surface area (Å²) in [5, 5.41) is 0.899. The normalized spacial score (nSPS) is 11.7. The van der Waals surface area contributed by atoms with Gasteiger partial charge in [-0.05, 0) is 30.5 Å². The van der Waals surface area contributed by atoms with Gasteiger partial charge >= 0.3 is 0 Å². The maximum atomic E-state index is 12.0. The highest BCUT2D eigenvalue weighted by Crippen LogP contribution is 2.18. The summed E-state index contributed by atoms with van der Waals surface area (Å²) in [6.07, 6.45) is 1.98. The minimum absolute atomic E-state index is 0.170. The smallest absolute Gasteiger partial charge is 0.251 e. The SMILES string of the molecule is CC(C)CCC(=O)NN(c1ccc2ccccc2n1)S(C)(=O)=O.